The van der Waals surface area contributed by atoms with Crippen LogP contribution in [-0.2, 0) is 4.57 Å². The summed E-state index contributed by atoms with van der Waals surface area (Å²) in [7, 11) is -3.92. The molecule has 1 N–H and O–H groups in total. The highest BCUT2D eigenvalue weighted by Crippen LogP contribution is 2.62. The molecule has 44 heavy (non-hydrogen) atoms. The van der Waals surface area contributed by atoms with E-state index in [9.17, 15) is 27.5 Å². The van der Waals surface area contributed by atoms with Crippen molar-refractivity contribution in [3.05, 3.63) is 118 Å². The first kappa shape index (κ1) is 28.4. The van der Waals surface area contributed by atoms with Crippen LogP contribution >= 0.6 is 7.14 Å². The van der Waals surface area contributed by atoms with Crippen molar-refractivity contribution in [3.63, 3.8) is 0 Å². The lowest BCUT2D eigenvalue weighted by atomic mass is 9.86. The van der Waals surface area contributed by atoms with Crippen molar-refractivity contribution in [2.24, 2.45) is 0 Å². The molecule has 2 fully saturated rings. The van der Waals surface area contributed by atoms with Gasteiger partial charge in [0.2, 0.25) is 11.9 Å². The average Bonchev–Trinajstić information content (AvgIpc) is 2.99. The second-order valence-corrected chi connectivity index (χ2v) is 13.7. The molecule has 0 bridgehead atoms. The zero-order valence-corrected chi connectivity index (χ0v) is 23.6. The Labute approximate surface area is 247 Å². The van der Waals surface area contributed by atoms with Gasteiger partial charge < -0.3 is 14.6 Å². The quantitative estimate of drug-likeness (QED) is 0.137. The van der Waals surface area contributed by atoms with Gasteiger partial charge >= 0.3 is 5.97 Å². The van der Waals surface area contributed by atoms with E-state index in [0.717, 1.165) is 0 Å². The van der Waals surface area contributed by atoms with E-state index in [1.165, 1.54) is 36.4 Å². The molecule has 3 aromatic carbocycles. The Bertz CT molecular complexity index is 1960. The summed E-state index contributed by atoms with van der Waals surface area (Å²) in [5.74, 6) is -10.5. The van der Waals surface area contributed by atoms with Gasteiger partial charge in [0, 0.05) is 44.9 Å². The third-order valence-corrected chi connectivity index (χ3v) is 11.6. The van der Waals surface area contributed by atoms with Gasteiger partial charge in [-0.25, -0.2) is 35.7 Å². The first-order valence-electron chi connectivity index (χ1n) is 13.7. The van der Waals surface area contributed by atoms with Crippen LogP contribution in [0.1, 0.15) is 21.5 Å². The zero-order chi connectivity index (χ0) is 31.1. The molecule has 1 aliphatic carbocycles. The lowest BCUT2D eigenvalue weighted by Gasteiger charge is -2.39. The molecule has 12 heteroatoms. The molecule has 5 nitrogen and oxygen atoms in total. The molecule has 7 rings (SSSR count). The Balaban J connectivity index is 1.61. The van der Waals surface area contributed by atoms with Gasteiger partial charge in [0.1, 0.15) is 11.7 Å². The molecular weight excluding hydrogens is 605 g/mol. The fourth-order valence-electron chi connectivity index (χ4n) is 6.18. The summed E-state index contributed by atoms with van der Waals surface area (Å²) in [5, 5.41) is 10.4. The van der Waals surface area contributed by atoms with Crippen molar-refractivity contribution in [1.29, 1.82) is 0 Å². The molecule has 0 saturated carbocycles. The Morgan fingerprint density at radius 2 is 1.57 bits per heavy atom. The van der Waals surface area contributed by atoms with Crippen LogP contribution < -0.4 is 15.5 Å². The minimum atomic E-state index is -3.92. The number of allylic oxidation sites excluding steroid dienone is 5. The largest absolute Gasteiger partial charge is 0.478 e. The van der Waals surface area contributed by atoms with E-state index in [4.69, 9.17) is 0 Å². The van der Waals surface area contributed by atoms with E-state index >= 15 is 13.3 Å². The van der Waals surface area contributed by atoms with Gasteiger partial charge in [-0.15, -0.1) is 0 Å². The van der Waals surface area contributed by atoms with Crippen molar-refractivity contribution in [3.8, 4) is 0 Å². The molecule has 0 spiro atoms. The van der Waals surface area contributed by atoms with Crippen molar-refractivity contribution in [2.45, 2.75) is 12.3 Å². The minimum Gasteiger partial charge on any atom is -0.478 e. The van der Waals surface area contributed by atoms with E-state index in [0.29, 0.717) is 16.7 Å². The monoisotopic (exact) mass is 627 g/mol. The first-order valence-corrected chi connectivity index (χ1v) is 15.4. The second kappa shape index (κ2) is 10.1. The minimum absolute atomic E-state index is 0.0121. The second-order valence-electron chi connectivity index (χ2n) is 11.0. The predicted molar refractivity (Wildman–Crippen MR) is 153 cm³/mol. The molecule has 0 amide bonds. The van der Waals surface area contributed by atoms with Crippen LogP contribution in [0.25, 0.3) is 5.57 Å². The van der Waals surface area contributed by atoms with Crippen LogP contribution in [0.15, 0.2) is 77.6 Å². The number of fused-ring (bicyclic) bond motifs is 2. The number of alkyl halides is 2. The highest BCUT2D eigenvalue weighted by atomic mass is 31.2. The van der Waals surface area contributed by atoms with Crippen LogP contribution in [0.4, 0.5) is 32.0 Å². The number of hydrogen-bond donors (Lipinski definition) is 1. The summed E-state index contributed by atoms with van der Waals surface area (Å²) in [6.45, 7) is 0.267. The molecule has 4 aliphatic rings. The van der Waals surface area contributed by atoms with Crippen molar-refractivity contribution >= 4 is 40.7 Å². The van der Waals surface area contributed by atoms with Crippen LogP contribution in [0, 0.1) is 23.3 Å². The number of rotatable bonds is 4. The smallest absolute Gasteiger partial charge is 0.339 e. The van der Waals surface area contributed by atoms with E-state index in [-0.39, 0.29) is 53.5 Å². The maximum atomic E-state index is 15.7. The zero-order valence-electron chi connectivity index (χ0n) is 22.7. The van der Waals surface area contributed by atoms with Gasteiger partial charge in [0.15, 0.2) is 43.5 Å². The Hall–Kier alpha value is -4.37. The van der Waals surface area contributed by atoms with Crippen LogP contribution in [-0.4, -0.2) is 59.9 Å². The van der Waals surface area contributed by atoms with E-state index in [1.807, 2.05) is 0 Å². The van der Waals surface area contributed by atoms with Crippen molar-refractivity contribution < 1.29 is 45.4 Å². The van der Waals surface area contributed by atoms with E-state index < -0.39 is 59.9 Å². The highest BCUT2D eigenvalue weighted by molar-refractivity contribution is 7.83. The number of halogens is 6. The van der Waals surface area contributed by atoms with Crippen LogP contribution in [0.5, 0.6) is 0 Å². The summed E-state index contributed by atoms with van der Waals surface area (Å²) in [5.41, 5.74) is -1.80. The standard InChI is InChI=1S/C32H21F6N2O3P/c33-16-12-39(13-16)18-6-8-21-23(10-18)44(43,20-4-2-1-3-5-20)24-11-19(40-14-17(34)15-40)7-9-22(24)25(21)26-27(32(41)42)29(36)31(38)30(37)28(26)35/h1-11,16-17H,12-15H2/p+1. The van der Waals surface area contributed by atoms with Gasteiger partial charge in [-0.1, -0.05) is 36.4 Å². The maximum Gasteiger partial charge on any atom is 0.339 e. The highest BCUT2D eigenvalue weighted by Gasteiger charge is 2.46. The van der Waals surface area contributed by atoms with Crippen molar-refractivity contribution in [2.75, 3.05) is 31.1 Å². The molecule has 1 atom stereocenters. The predicted octanol–water partition coefficient (Wildman–Crippen LogP) is 5.49. The summed E-state index contributed by atoms with van der Waals surface area (Å²) in [4.78, 5) is 14.0. The fraction of sp³-hybridized carbons (Fsp3) is 0.188. The number of nitrogens with zero attached hydrogens (tertiary/aromatic N) is 2. The van der Waals surface area contributed by atoms with Crippen molar-refractivity contribution in [1.82, 2.24) is 0 Å². The summed E-state index contributed by atoms with van der Waals surface area (Å²) >= 11 is 0. The van der Waals surface area contributed by atoms with Crippen LogP contribution in [0.2, 0.25) is 0 Å². The molecule has 3 heterocycles. The molecule has 224 valence electrons. The number of benzene rings is 3. The van der Waals surface area contributed by atoms with Gasteiger partial charge in [-0.2, -0.15) is 0 Å². The fourth-order valence-corrected chi connectivity index (χ4v) is 9.26. The summed E-state index contributed by atoms with van der Waals surface area (Å²) in [6.07, 6.45) is 2.33. The Morgan fingerprint density at radius 3 is 2.20 bits per heavy atom. The van der Waals surface area contributed by atoms with Gasteiger partial charge in [0.25, 0.3) is 0 Å². The number of carbonyl (C=O) groups is 1. The molecule has 0 radical (unpaired) electrons. The number of hydrogen-bond acceptors (Lipinski definition) is 3. The normalized spacial score (nSPS) is 22.7. The Kier molecular flexibility index (Phi) is 6.51. The lowest BCUT2D eigenvalue weighted by molar-refractivity contribution is -0.599. The number of carboxylic acid groups (broad SMARTS) is 1. The number of carboxylic acids is 1. The number of aromatic carboxylic acids is 1. The molecule has 3 aromatic rings. The molecule has 3 aliphatic heterocycles. The Morgan fingerprint density at radius 1 is 0.886 bits per heavy atom. The third-order valence-electron chi connectivity index (χ3n) is 8.43. The third kappa shape index (κ3) is 4.05. The first-order chi connectivity index (χ1) is 21.0. The molecular formula is C32H22F6N2O3P+. The average molecular weight is 628 g/mol. The van der Waals surface area contributed by atoms with Gasteiger partial charge in [-0.05, 0) is 29.3 Å². The van der Waals surface area contributed by atoms with Crippen LogP contribution in [0.3, 0.4) is 0 Å². The molecule has 1 unspecified atom stereocenters. The maximum absolute atomic E-state index is 15.7. The van der Waals surface area contributed by atoms with Gasteiger partial charge in [0.05, 0.1) is 13.1 Å². The van der Waals surface area contributed by atoms with Gasteiger partial charge in [-0.3, -0.25) is 0 Å². The molecule has 0 aromatic heterocycles. The lowest BCUT2D eigenvalue weighted by Crippen LogP contribution is -2.48. The summed E-state index contributed by atoms with van der Waals surface area (Å²) < 4.78 is 105. The molecule has 2 saturated heterocycles. The van der Waals surface area contributed by atoms with E-state index in [1.54, 1.807) is 39.8 Å². The SMILES string of the molecule is O=C(O)c1c(F)c(F)c(F)c(F)c1C1=C2C=CC(=[N+]3CC(F)C3)C=C2P(=O)(c2ccccc2)c2cc(N3CC(F)C3)ccc21. The number of anilines is 1. The summed E-state index contributed by atoms with van der Waals surface area (Å²) in [6, 6.07) is 12.8. The topological polar surface area (TPSA) is 60.6 Å². The van der Waals surface area contributed by atoms with E-state index in [2.05, 4.69) is 0 Å².